The van der Waals surface area contributed by atoms with Crippen molar-refractivity contribution in [3.05, 3.63) is 52.0 Å². The van der Waals surface area contributed by atoms with E-state index >= 15 is 0 Å². The number of rotatable bonds is 5. The van der Waals surface area contributed by atoms with Gasteiger partial charge in [0.05, 0.1) is 19.3 Å². The van der Waals surface area contributed by atoms with Crippen LogP contribution in [0, 0.1) is 11.7 Å². The predicted molar refractivity (Wildman–Crippen MR) is 116 cm³/mol. The molecule has 7 nitrogen and oxygen atoms in total. The van der Waals surface area contributed by atoms with E-state index < -0.39 is 0 Å². The van der Waals surface area contributed by atoms with Crippen LogP contribution in [0.1, 0.15) is 56.0 Å². The van der Waals surface area contributed by atoms with Crippen molar-refractivity contribution >= 4 is 11.0 Å². The van der Waals surface area contributed by atoms with Crippen LogP contribution in [0.25, 0.3) is 11.0 Å². The first-order chi connectivity index (χ1) is 15.0. The fourth-order valence-corrected chi connectivity index (χ4v) is 5.12. The molecular weight excluding hydrogens is 397 g/mol. The summed E-state index contributed by atoms with van der Waals surface area (Å²) in [6, 6.07) is 5.31. The number of H-pyrrole nitrogens is 1. The highest BCUT2D eigenvalue weighted by Gasteiger charge is 2.33. The third-order valence-corrected chi connectivity index (χ3v) is 6.85. The molecule has 1 aromatic carbocycles. The van der Waals surface area contributed by atoms with Crippen LogP contribution in [-0.2, 0) is 6.54 Å². The maximum absolute atomic E-state index is 14.4. The largest absolute Gasteiger partial charge is 0.497 e. The van der Waals surface area contributed by atoms with Gasteiger partial charge in [0.2, 0.25) is 0 Å². The van der Waals surface area contributed by atoms with Gasteiger partial charge in [-0.1, -0.05) is 25.8 Å². The number of likely N-dealkylation sites (tertiary alicyclic amines) is 1. The summed E-state index contributed by atoms with van der Waals surface area (Å²) in [6.07, 6.45) is 6.20. The number of nitrogens with zero attached hydrogens (tertiary/aromatic N) is 4. The summed E-state index contributed by atoms with van der Waals surface area (Å²) in [5.41, 5.74) is 1.21. The molecule has 0 spiro atoms. The maximum Gasteiger partial charge on any atom is 0.262 e. The number of methoxy groups -OCH3 is 1. The molecule has 31 heavy (non-hydrogen) atoms. The number of benzene rings is 1. The van der Waals surface area contributed by atoms with E-state index in [-0.39, 0.29) is 17.3 Å². The van der Waals surface area contributed by atoms with Crippen LogP contribution >= 0.6 is 0 Å². The molecule has 2 aliphatic rings. The van der Waals surface area contributed by atoms with E-state index in [0.717, 1.165) is 25.9 Å². The standard InChI is InChI=1S/C23H28FN5O2/c1-14-11-28(12-15-7-8-17(31-2)9-20(15)24)13-19(14)21-26-22-18(23(30)27-21)10-25-29(22)16-5-3-4-6-16/h7-10,14,16,19H,3-6,11-13H2,1-2H3,(H,26,27,30)/t14-,19-/m1/s1. The summed E-state index contributed by atoms with van der Waals surface area (Å²) in [5.74, 6) is 1.35. The molecule has 1 saturated heterocycles. The molecule has 0 unspecified atom stereocenters. The summed E-state index contributed by atoms with van der Waals surface area (Å²) >= 11 is 0. The highest BCUT2D eigenvalue weighted by molar-refractivity contribution is 5.73. The second-order valence-electron chi connectivity index (χ2n) is 8.95. The number of fused-ring (bicyclic) bond motifs is 1. The molecule has 1 N–H and O–H groups in total. The van der Waals surface area contributed by atoms with Crippen LogP contribution in [0.5, 0.6) is 5.75 Å². The number of hydrogen-bond acceptors (Lipinski definition) is 5. The minimum atomic E-state index is -0.260. The topological polar surface area (TPSA) is 76.0 Å². The Bertz CT molecular complexity index is 1150. The van der Waals surface area contributed by atoms with Crippen LogP contribution in [0.15, 0.2) is 29.2 Å². The zero-order valence-electron chi connectivity index (χ0n) is 18.0. The van der Waals surface area contributed by atoms with E-state index in [2.05, 4.69) is 21.9 Å². The van der Waals surface area contributed by atoms with Crippen molar-refractivity contribution in [2.45, 2.75) is 51.1 Å². The number of ether oxygens (including phenoxy) is 1. The average Bonchev–Trinajstić information content (AvgIpc) is 3.49. The van der Waals surface area contributed by atoms with Crippen molar-refractivity contribution in [2.75, 3.05) is 20.2 Å². The fraction of sp³-hybridized carbons (Fsp3) is 0.522. The van der Waals surface area contributed by atoms with Gasteiger partial charge in [-0.25, -0.2) is 14.1 Å². The molecule has 2 atom stereocenters. The first kappa shape index (κ1) is 20.2. The van der Waals surface area contributed by atoms with Gasteiger partial charge in [0, 0.05) is 37.2 Å². The molecule has 3 aromatic rings. The van der Waals surface area contributed by atoms with Crippen LogP contribution in [0.4, 0.5) is 4.39 Å². The van der Waals surface area contributed by atoms with Crippen molar-refractivity contribution in [3.63, 3.8) is 0 Å². The van der Waals surface area contributed by atoms with E-state index in [9.17, 15) is 9.18 Å². The first-order valence-electron chi connectivity index (χ1n) is 11.1. The van der Waals surface area contributed by atoms with E-state index in [1.54, 1.807) is 18.3 Å². The molecule has 164 valence electrons. The Morgan fingerprint density at radius 2 is 2.06 bits per heavy atom. The van der Waals surface area contributed by atoms with E-state index in [1.807, 2.05) is 4.68 Å². The monoisotopic (exact) mass is 425 g/mol. The summed E-state index contributed by atoms with van der Waals surface area (Å²) in [4.78, 5) is 22.8. The maximum atomic E-state index is 14.4. The van der Waals surface area contributed by atoms with Gasteiger partial charge in [0.25, 0.3) is 5.56 Å². The number of hydrogen-bond donors (Lipinski definition) is 1. The van der Waals surface area contributed by atoms with Gasteiger partial charge in [0.1, 0.15) is 22.8 Å². The van der Waals surface area contributed by atoms with Gasteiger partial charge in [-0.15, -0.1) is 0 Å². The van der Waals surface area contributed by atoms with E-state index in [1.165, 1.54) is 26.0 Å². The Balaban J connectivity index is 1.40. The molecule has 0 radical (unpaired) electrons. The van der Waals surface area contributed by atoms with Gasteiger partial charge in [-0.3, -0.25) is 9.69 Å². The van der Waals surface area contributed by atoms with Crippen molar-refractivity contribution in [1.82, 2.24) is 24.6 Å². The zero-order chi connectivity index (χ0) is 21.5. The van der Waals surface area contributed by atoms with Crippen LogP contribution in [0.3, 0.4) is 0 Å². The molecular formula is C23H28FN5O2. The fourth-order valence-electron chi connectivity index (χ4n) is 5.12. The Morgan fingerprint density at radius 3 is 2.81 bits per heavy atom. The lowest BCUT2D eigenvalue weighted by molar-refractivity contribution is 0.312. The molecule has 2 fully saturated rings. The highest BCUT2D eigenvalue weighted by Crippen LogP contribution is 2.34. The molecule has 1 aliphatic carbocycles. The van der Waals surface area contributed by atoms with Gasteiger partial charge >= 0.3 is 0 Å². The second kappa shape index (κ2) is 8.07. The van der Waals surface area contributed by atoms with Crippen molar-refractivity contribution in [3.8, 4) is 5.75 Å². The normalized spacial score (nSPS) is 22.5. The molecule has 1 aliphatic heterocycles. The van der Waals surface area contributed by atoms with Crippen molar-refractivity contribution in [1.29, 1.82) is 0 Å². The lowest BCUT2D eigenvalue weighted by Crippen LogP contribution is -2.22. The lowest BCUT2D eigenvalue weighted by Gasteiger charge is -2.17. The van der Waals surface area contributed by atoms with Crippen molar-refractivity contribution in [2.24, 2.45) is 5.92 Å². The Labute approximate surface area is 180 Å². The number of halogens is 1. The minimum Gasteiger partial charge on any atom is -0.497 e. The summed E-state index contributed by atoms with van der Waals surface area (Å²) in [6.45, 7) is 4.22. The summed E-state index contributed by atoms with van der Waals surface area (Å²) in [7, 11) is 1.53. The van der Waals surface area contributed by atoms with E-state index in [4.69, 9.17) is 9.72 Å². The highest BCUT2D eigenvalue weighted by atomic mass is 19.1. The third kappa shape index (κ3) is 3.73. The molecule has 8 heteroatoms. The van der Waals surface area contributed by atoms with Gasteiger partial charge in [0.15, 0.2) is 5.65 Å². The minimum absolute atomic E-state index is 0.0883. The average molecular weight is 426 g/mol. The smallest absolute Gasteiger partial charge is 0.262 e. The third-order valence-electron chi connectivity index (χ3n) is 6.85. The Hall–Kier alpha value is -2.74. The van der Waals surface area contributed by atoms with Crippen LogP contribution in [-0.4, -0.2) is 44.8 Å². The van der Waals surface area contributed by atoms with Gasteiger partial charge in [-0.2, -0.15) is 5.10 Å². The molecule has 0 bridgehead atoms. The predicted octanol–water partition coefficient (Wildman–Crippen LogP) is 3.62. The van der Waals surface area contributed by atoms with Crippen LogP contribution < -0.4 is 10.3 Å². The van der Waals surface area contributed by atoms with Crippen LogP contribution in [0.2, 0.25) is 0 Å². The number of aromatic nitrogens is 4. The summed E-state index contributed by atoms with van der Waals surface area (Å²) < 4.78 is 21.5. The Kier molecular flexibility index (Phi) is 5.25. The number of nitrogens with one attached hydrogen (secondary N) is 1. The molecule has 0 amide bonds. The molecule has 2 aromatic heterocycles. The quantitative estimate of drug-likeness (QED) is 0.676. The molecule has 5 rings (SSSR count). The summed E-state index contributed by atoms with van der Waals surface area (Å²) in [5, 5.41) is 5.05. The second-order valence-corrected chi connectivity index (χ2v) is 8.95. The lowest BCUT2D eigenvalue weighted by atomic mass is 9.97. The molecule has 1 saturated carbocycles. The van der Waals surface area contributed by atoms with E-state index in [0.29, 0.717) is 46.7 Å². The van der Waals surface area contributed by atoms with Gasteiger partial charge < -0.3 is 9.72 Å². The first-order valence-corrected chi connectivity index (χ1v) is 11.1. The van der Waals surface area contributed by atoms with Gasteiger partial charge in [-0.05, 0) is 24.8 Å². The number of aromatic amines is 1. The van der Waals surface area contributed by atoms with Crippen molar-refractivity contribution < 1.29 is 9.13 Å². The Morgan fingerprint density at radius 1 is 1.26 bits per heavy atom. The molecule has 3 heterocycles. The zero-order valence-corrected chi connectivity index (χ0v) is 18.0. The SMILES string of the molecule is COc1ccc(CN2C[C@@H](C)[C@H](c3nc4c(cnn4C4CCCC4)c(=O)[nH]3)C2)c(F)c1.